The second kappa shape index (κ2) is 4.87. The Morgan fingerprint density at radius 3 is 2.82 bits per heavy atom. The van der Waals surface area contributed by atoms with Gasteiger partial charge in [-0.3, -0.25) is 0 Å². The molecule has 0 spiro atoms. The second-order valence-corrected chi connectivity index (χ2v) is 4.74. The summed E-state index contributed by atoms with van der Waals surface area (Å²) in [5.74, 6) is 0.674. The van der Waals surface area contributed by atoms with Gasteiger partial charge in [-0.25, -0.2) is 9.37 Å². The molecule has 0 saturated carbocycles. The SMILES string of the molecule is CC(Nc1ccc(F)cc1Br)c1nccn1C. The lowest BCUT2D eigenvalue weighted by atomic mass is 10.2. The molecule has 1 heterocycles. The maximum absolute atomic E-state index is 12.9. The van der Waals surface area contributed by atoms with Gasteiger partial charge in [0.2, 0.25) is 0 Å². The van der Waals surface area contributed by atoms with E-state index in [0.29, 0.717) is 4.47 Å². The van der Waals surface area contributed by atoms with Gasteiger partial charge in [0.1, 0.15) is 11.6 Å². The molecule has 17 heavy (non-hydrogen) atoms. The Morgan fingerprint density at radius 2 is 2.24 bits per heavy atom. The first-order valence-corrected chi connectivity index (χ1v) is 6.06. The number of aromatic nitrogens is 2. The van der Waals surface area contributed by atoms with Crippen LogP contribution < -0.4 is 5.32 Å². The Hall–Kier alpha value is -1.36. The summed E-state index contributed by atoms with van der Waals surface area (Å²) < 4.78 is 15.6. The summed E-state index contributed by atoms with van der Waals surface area (Å²) in [5.41, 5.74) is 0.849. The van der Waals surface area contributed by atoms with Crippen molar-refractivity contribution in [2.24, 2.45) is 7.05 Å². The van der Waals surface area contributed by atoms with Crippen LogP contribution in [-0.4, -0.2) is 9.55 Å². The standard InChI is InChI=1S/C12H13BrFN3/c1-8(12-15-5-6-17(12)2)16-11-4-3-9(14)7-10(11)13/h3-8,16H,1-2H3. The van der Waals surface area contributed by atoms with Crippen LogP contribution in [0.4, 0.5) is 10.1 Å². The van der Waals surface area contributed by atoms with Crippen LogP contribution in [0.3, 0.4) is 0 Å². The molecule has 90 valence electrons. The summed E-state index contributed by atoms with van der Waals surface area (Å²) in [6.07, 6.45) is 3.65. The number of hydrogen-bond acceptors (Lipinski definition) is 2. The first-order chi connectivity index (χ1) is 8.08. The zero-order valence-corrected chi connectivity index (χ0v) is 11.2. The van der Waals surface area contributed by atoms with Gasteiger partial charge in [-0.1, -0.05) is 0 Å². The predicted molar refractivity (Wildman–Crippen MR) is 69.3 cm³/mol. The molecule has 0 aliphatic carbocycles. The van der Waals surface area contributed by atoms with Gasteiger partial charge in [0, 0.05) is 29.6 Å². The fraction of sp³-hybridized carbons (Fsp3) is 0.250. The molecule has 1 unspecified atom stereocenters. The summed E-state index contributed by atoms with van der Waals surface area (Å²) in [4.78, 5) is 4.27. The third-order valence-electron chi connectivity index (χ3n) is 2.55. The van der Waals surface area contributed by atoms with Gasteiger partial charge in [0.15, 0.2) is 0 Å². The fourth-order valence-electron chi connectivity index (χ4n) is 1.70. The Kier molecular flexibility index (Phi) is 3.47. The van der Waals surface area contributed by atoms with E-state index in [1.54, 1.807) is 12.3 Å². The minimum Gasteiger partial charge on any atom is -0.374 e. The topological polar surface area (TPSA) is 29.9 Å². The Balaban J connectivity index is 2.19. The van der Waals surface area contributed by atoms with E-state index in [2.05, 4.69) is 26.2 Å². The minimum absolute atomic E-state index is 0.0526. The molecule has 1 N–H and O–H groups in total. The number of benzene rings is 1. The number of aryl methyl sites for hydroxylation is 1. The lowest BCUT2D eigenvalue weighted by Gasteiger charge is -2.16. The van der Waals surface area contributed by atoms with Gasteiger partial charge < -0.3 is 9.88 Å². The number of imidazole rings is 1. The lowest BCUT2D eigenvalue weighted by Crippen LogP contribution is -2.12. The van der Waals surface area contributed by atoms with E-state index in [-0.39, 0.29) is 11.9 Å². The molecule has 0 aliphatic rings. The van der Waals surface area contributed by atoms with Gasteiger partial charge in [0.05, 0.1) is 6.04 Å². The number of rotatable bonds is 3. The van der Waals surface area contributed by atoms with Gasteiger partial charge >= 0.3 is 0 Å². The first-order valence-electron chi connectivity index (χ1n) is 5.26. The van der Waals surface area contributed by atoms with E-state index in [1.807, 2.05) is 24.7 Å². The molecule has 5 heteroatoms. The minimum atomic E-state index is -0.257. The van der Waals surface area contributed by atoms with E-state index in [0.717, 1.165) is 11.5 Å². The van der Waals surface area contributed by atoms with Crippen LogP contribution in [-0.2, 0) is 7.05 Å². The average Bonchev–Trinajstić information content (AvgIpc) is 2.68. The molecule has 0 fully saturated rings. The van der Waals surface area contributed by atoms with E-state index in [4.69, 9.17) is 0 Å². The number of halogens is 2. The summed E-state index contributed by atoms with van der Waals surface area (Å²) in [5, 5.41) is 3.28. The highest BCUT2D eigenvalue weighted by Gasteiger charge is 2.11. The number of nitrogens with one attached hydrogen (secondary N) is 1. The number of hydrogen-bond donors (Lipinski definition) is 1. The summed E-state index contributed by atoms with van der Waals surface area (Å²) in [6.45, 7) is 2.01. The highest BCUT2D eigenvalue weighted by atomic mass is 79.9. The normalized spacial score (nSPS) is 12.5. The van der Waals surface area contributed by atoms with Gasteiger partial charge in [-0.05, 0) is 41.1 Å². The summed E-state index contributed by atoms with van der Waals surface area (Å²) >= 11 is 3.33. The third-order valence-corrected chi connectivity index (χ3v) is 3.20. The molecule has 0 aliphatic heterocycles. The van der Waals surface area contributed by atoms with Crippen LogP contribution in [0.15, 0.2) is 35.1 Å². The third kappa shape index (κ3) is 2.66. The Bertz CT molecular complexity index is 524. The molecule has 3 nitrogen and oxygen atoms in total. The van der Waals surface area contributed by atoms with Crippen LogP contribution in [0.2, 0.25) is 0 Å². The molecule has 1 aromatic heterocycles. The number of anilines is 1. The monoisotopic (exact) mass is 297 g/mol. The molecule has 2 aromatic rings. The molecule has 0 amide bonds. The van der Waals surface area contributed by atoms with Crippen molar-refractivity contribution in [1.29, 1.82) is 0 Å². The zero-order valence-electron chi connectivity index (χ0n) is 9.61. The largest absolute Gasteiger partial charge is 0.374 e. The highest BCUT2D eigenvalue weighted by Crippen LogP contribution is 2.26. The van der Waals surface area contributed by atoms with Gasteiger partial charge in [-0.2, -0.15) is 0 Å². The van der Waals surface area contributed by atoms with Crippen LogP contribution in [0.25, 0.3) is 0 Å². The molecule has 0 saturated heterocycles. The number of nitrogens with zero attached hydrogens (tertiary/aromatic N) is 2. The zero-order chi connectivity index (χ0) is 12.4. The van der Waals surface area contributed by atoms with Crippen LogP contribution >= 0.6 is 15.9 Å². The van der Waals surface area contributed by atoms with Crippen molar-refractivity contribution in [3.63, 3.8) is 0 Å². The van der Waals surface area contributed by atoms with Crippen LogP contribution in [0, 0.1) is 5.82 Å². The second-order valence-electron chi connectivity index (χ2n) is 3.89. The van der Waals surface area contributed by atoms with Gasteiger partial charge in [-0.15, -0.1) is 0 Å². The molecule has 0 radical (unpaired) electrons. The van der Waals surface area contributed by atoms with Crippen molar-refractivity contribution in [3.05, 3.63) is 46.7 Å². The van der Waals surface area contributed by atoms with E-state index in [9.17, 15) is 4.39 Å². The molecule has 1 aromatic carbocycles. The average molecular weight is 298 g/mol. The molecule has 1 atom stereocenters. The summed E-state index contributed by atoms with van der Waals surface area (Å²) in [6, 6.07) is 4.63. The predicted octanol–water partition coefficient (Wildman–Crippen LogP) is 3.49. The van der Waals surface area contributed by atoms with Crippen molar-refractivity contribution in [1.82, 2.24) is 9.55 Å². The van der Waals surface area contributed by atoms with Crippen LogP contribution in [0.1, 0.15) is 18.8 Å². The highest BCUT2D eigenvalue weighted by molar-refractivity contribution is 9.10. The van der Waals surface area contributed by atoms with Crippen molar-refractivity contribution in [2.75, 3.05) is 5.32 Å². The van der Waals surface area contributed by atoms with Crippen molar-refractivity contribution in [3.8, 4) is 0 Å². The quantitative estimate of drug-likeness (QED) is 0.940. The maximum atomic E-state index is 12.9. The Labute approximate surface area is 108 Å². The summed E-state index contributed by atoms with van der Waals surface area (Å²) in [7, 11) is 1.94. The van der Waals surface area contributed by atoms with Gasteiger partial charge in [0.25, 0.3) is 0 Å². The molecule has 0 bridgehead atoms. The van der Waals surface area contributed by atoms with Crippen molar-refractivity contribution in [2.45, 2.75) is 13.0 Å². The van der Waals surface area contributed by atoms with E-state index >= 15 is 0 Å². The van der Waals surface area contributed by atoms with Crippen molar-refractivity contribution < 1.29 is 4.39 Å². The molecular formula is C12H13BrFN3. The van der Waals surface area contributed by atoms with Crippen molar-refractivity contribution >= 4 is 21.6 Å². The van der Waals surface area contributed by atoms with E-state index in [1.165, 1.54) is 12.1 Å². The van der Waals surface area contributed by atoms with Crippen LogP contribution in [0.5, 0.6) is 0 Å². The van der Waals surface area contributed by atoms with E-state index < -0.39 is 0 Å². The molecule has 2 rings (SSSR count). The Morgan fingerprint density at radius 1 is 1.47 bits per heavy atom. The maximum Gasteiger partial charge on any atom is 0.130 e. The fourth-order valence-corrected chi connectivity index (χ4v) is 2.16. The lowest BCUT2D eigenvalue weighted by molar-refractivity contribution is 0.627. The molecular weight excluding hydrogens is 285 g/mol. The first kappa shape index (κ1) is 12.1. The smallest absolute Gasteiger partial charge is 0.130 e.